The number of likely N-dealkylation sites (tertiary alicyclic amines) is 1. The van der Waals surface area contributed by atoms with E-state index in [0.29, 0.717) is 30.4 Å². The second-order valence-corrected chi connectivity index (χ2v) is 12.7. The first-order valence-corrected chi connectivity index (χ1v) is 16.2. The molecule has 0 amide bonds. The number of benzene rings is 1. The summed E-state index contributed by atoms with van der Waals surface area (Å²) in [4.78, 5) is 38.1. The van der Waals surface area contributed by atoms with Gasteiger partial charge in [-0.1, -0.05) is 37.6 Å². The Morgan fingerprint density at radius 2 is 1.82 bits per heavy atom. The Kier molecular flexibility index (Phi) is 10.5. The summed E-state index contributed by atoms with van der Waals surface area (Å²) in [6, 6.07) is 9.15. The van der Waals surface area contributed by atoms with Crippen molar-refractivity contribution in [3.63, 3.8) is 0 Å². The number of quaternary nitrogens is 1. The van der Waals surface area contributed by atoms with Crippen LogP contribution in [-0.2, 0) is 24.3 Å². The summed E-state index contributed by atoms with van der Waals surface area (Å²) in [6.45, 7) is 9.18. The summed E-state index contributed by atoms with van der Waals surface area (Å²) >= 11 is 0. The highest BCUT2D eigenvalue weighted by atomic mass is 16.5. The van der Waals surface area contributed by atoms with Crippen LogP contribution in [-0.4, -0.2) is 93.3 Å². The first-order chi connectivity index (χ1) is 21.3. The van der Waals surface area contributed by atoms with Crippen LogP contribution in [0.3, 0.4) is 0 Å². The van der Waals surface area contributed by atoms with Gasteiger partial charge < -0.3 is 35.2 Å². The van der Waals surface area contributed by atoms with Gasteiger partial charge in [0.2, 0.25) is 0 Å². The highest BCUT2D eigenvalue weighted by Crippen LogP contribution is 2.29. The van der Waals surface area contributed by atoms with Crippen LogP contribution >= 0.6 is 0 Å². The highest BCUT2D eigenvalue weighted by Gasteiger charge is 2.39. The second-order valence-electron chi connectivity index (χ2n) is 12.7. The van der Waals surface area contributed by atoms with Crippen molar-refractivity contribution in [1.29, 1.82) is 0 Å². The third-order valence-electron chi connectivity index (χ3n) is 9.60. The van der Waals surface area contributed by atoms with Gasteiger partial charge in [0, 0.05) is 76.8 Å². The number of H-pyrrole nitrogens is 1. The molecule has 12 nitrogen and oxygen atoms in total. The molecule has 2 saturated heterocycles. The molecule has 3 aromatic rings. The fourth-order valence-electron chi connectivity index (χ4n) is 6.90. The van der Waals surface area contributed by atoms with Gasteiger partial charge in [0.1, 0.15) is 5.52 Å². The van der Waals surface area contributed by atoms with Gasteiger partial charge in [0.25, 0.3) is 0 Å². The highest BCUT2D eigenvalue weighted by molar-refractivity contribution is 5.81. The average molecular weight is 609 g/mol. The predicted molar refractivity (Wildman–Crippen MR) is 168 cm³/mol. The number of aliphatic carboxylic acids is 1. The molecular weight excluding hydrogens is 560 g/mol. The third-order valence-corrected chi connectivity index (χ3v) is 9.60. The number of imidazole rings is 1. The van der Waals surface area contributed by atoms with Crippen molar-refractivity contribution in [1.82, 2.24) is 29.7 Å². The van der Waals surface area contributed by atoms with Crippen LogP contribution in [0.1, 0.15) is 63.0 Å². The normalized spacial score (nSPS) is 21.2. The number of carbonyl (C=O) groups excluding carboxylic acids is 1. The lowest BCUT2D eigenvalue weighted by Gasteiger charge is -2.49. The maximum absolute atomic E-state index is 12.9. The number of hydrogen-bond donors (Lipinski definition) is 3. The first-order valence-electron chi connectivity index (χ1n) is 16.2. The molecule has 0 saturated carbocycles. The van der Waals surface area contributed by atoms with Crippen LogP contribution in [0.25, 0.3) is 11.2 Å². The number of carboxylic acid groups (broad SMARTS) is 1. The molecule has 0 atom stereocenters. The number of aromatic amines is 1. The van der Waals surface area contributed by atoms with Crippen LogP contribution in [0.4, 0.5) is 5.82 Å². The number of anilines is 1. The largest absolute Gasteiger partial charge is 0.550 e. The van der Waals surface area contributed by atoms with Gasteiger partial charge in [-0.15, -0.1) is 0 Å². The van der Waals surface area contributed by atoms with Gasteiger partial charge >= 0.3 is 11.7 Å². The van der Waals surface area contributed by atoms with Crippen LogP contribution in [0.5, 0.6) is 6.01 Å². The third kappa shape index (κ3) is 7.77. The summed E-state index contributed by atoms with van der Waals surface area (Å²) in [7, 11) is 2.43. The van der Waals surface area contributed by atoms with E-state index in [-0.39, 0.29) is 23.9 Å². The summed E-state index contributed by atoms with van der Waals surface area (Å²) in [6.07, 6.45) is 7.26. The monoisotopic (exact) mass is 608 g/mol. The molecule has 0 bridgehead atoms. The lowest BCUT2D eigenvalue weighted by Crippen LogP contribution is -2.61. The van der Waals surface area contributed by atoms with E-state index in [1.807, 2.05) is 24.3 Å². The maximum Gasteiger partial charge on any atom is 0.327 e. The number of ether oxygens (including phenoxy) is 1. The molecule has 2 fully saturated rings. The molecule has 2 aliphatic heterocycles. The van der Waals surface area contributed by atoms with Crippen molar-refractivity contribution in [2.75, 3.05) is 52.1 Å². The Morgan fingerprint density at radius 3 is 2.50 bits per heavy atom. The molecule has 5 rings (SSSR count). The number of unbranched alkanes of at least 4 members (excludes halogenated alkanes) is 1. The van der Waals surface area contributed by atoms with E-state index in [4.69, 9.17) is 10.5 Å². The average Bonchev–Trinajstić information content (AvgIpc) is 3.33. The van der Waals surface area contributed by atoms with Crippen molar-refractivity contribution in [2.45, 2.75) is 83.5 Å². The Balaban J connectivity index is 1.29. The molecule has 12 heteroatoms. The number of rotatable bonds is 14. The lowest BCUT2D eigenvalue weighted by molar-refractivity contribution is -0.939. The van der Waals surface area contributed by atoms with Crippen molar-refractivity contribution in [3.05, 3.63) is 45.9 Å². The van der Waals surface area contributed by atoms with Gasteiger partial charge in [-0.25, -0.2) is 4.79 Å². The second kappa shape index (κ2) is 14.5. The molecule has 44 heavy (non-hydrogen) atoms. The van der Waals surface area contributed by atoms with Crippen LogP contribution in [0.15, 0.2) is 29.1 Å². The van der Waals surface area contributed by atoms with E-state index in [9.17, 15) is 14.7 Å². The SMILES string of the molecule is CCCCOc1nc(N)c2[nH]c(=O)n(CCCN(Cc3ccc(CC(=O)[O-])cc3)C3CC[N+](C)(C4CCNCC4)CC3)c2n1. The Hall–Kier alpha value is -3.48. The molecule has 2 aromatic heterocycles. The van der Waals surface area contributed by atoms with Gasteiger partial charge in [-0.2, -0.15) is 9.97 Å². The Morgan fingerprint density at radius 1 is 1.11 bits per heavy atom. The molecule has 4 heterocycles. The number of piperidine rings is 2. The topological polar surface area (TPSA) is 154 Å². The molecular formula is C32H48N8O4. The summed E-state index contributed by atoms with van der Waals surface area (Å²) < 4.78 is 8.49. The van der Waals surface area contributed by atoms with Gasteiger partial charge in [0.05, 0.1) is 32.8 Å². The van der Waals surface area contributed by atoms with E-state index in [2.05, 4.69) is 39.1 Å². The smallest absolute Gasteiger partial charge is 0.327 e. The van der Waals surface area contributed by atoms with E-state index in [1.165, 1.54) is 12.8 Å². The number of carbonyl (C=O) groups is 1. The zero-order chi connectivity index (χ0) is 31.1. The molecule has 2 aliphatic rings. The molecule has 1 aromatic carbocycles. The fourth-order valence-corrected chi connectivity index (χ4v) is 6.90. The molecule has 0 spiro atoms. The number of nitrogens with one attached hydrogen (secondary N) is 2. The predicted octanol–water partition coefficient (Wildman–Crippen LogP) is 1.43. The Bertz CT molecular complexity index is 1440. The minimum atomic E-state index is -1.07. The van der Waals surface area contributed by atoms with Gasteiger partial charge in [-0.05, 0) is 24.0 Å². The minimum Gasteiger partial charge on any atom is -0.550 e. The standard InChI is InChI=1S/C32H48N8O4/c1-3-4-20-44-31-36-29(33)28-30(37-31)39(32(43)35-28)17-5-16-38(22-24-8-6-23(7-9-24)21-27(41)42)25-12-18-40(2,19-13-25)26-10-14-34-15-11-26/h6-9,25-26,34H,3-5,10-22H2,1-2H3,(H3-,33,35,36,37,41,42,43). The van der Waals surface area contributed by atoms with Crippen molar-refractivity contribution >= 4 is 23.0 Å². The number of aryl methyl sites for hydroxylation is 1. The van der Waals surface area contributed by atoms with Crippen molar-refractivity contribution in [3.8, 4) is 6.01 Å². The number of hydrogen-bond acceptors (Lipinski definition) is 9. The van der Waals surface area contributed by atoms with E-state index < -0.39 is 5.97 Å². The number of aromatic nitrogens is 4. The summed E-state index contributed by atoms with van der Waals surface area (Å²) in [5, 5.41) is 14.6. The molecule has 0 unspecified atom stereocenters. The van der Waals surface area contributed by atoms with Crippen molar-refractivity contribution in [2.24, 2.45) is 0 Å². The van der Waals surface area contributed by atoms with Gasteiger partial charge in [-0.3, -0.25) is 9.47 Å². The molecule has 4 N–H and O–H groups in total. The van der Waals surface area contributed by atoms with Crippen molar-refractivity contribution < 1.29 is 19.1 Å². The minimum absolute atomic E-state index is 0.0847. The summed E-state index contributed by atoms with van der Waals surface area (Å²) in [5.41, 5.74) is 8.69. The molecule has 0 radical (unpaired) electrons. The lowest BCUT2D eigenvalue weighted by atomic mass is 9.94. The zero-order valence-electron chi connectivity index (χ0n) is 26.2. The fraction of sp³-hybridized carbons (Fsp3) is 0.625. The van der Waals surface area contributed by atoms with E-state index >= 15 is 0 Å². The van der Waals surface area contributed by atoms with Crippen LogP contribution in [0.2, 0.25) is 0 Å². The first kappa shape index (κ1) is 31.9. The van der Waals surface area contributed by atoms with Gasteiger partial charge in [0.15, 0.2) is 11.5 Å². The van der Waals surface area contributed by atoms with E-state index in [0.717, 1.165) is 93.0 Å². The number of nitrogen functional groups attached to an aromatic ring is 1. The zero-order valence-corrected chi connectivity index (χ0v) is 26.2. The van der Waals surface area contributed by atoms with E-state index in [1.54, 1.807) is 4.57 Å². The number of fused-ring (bicyclic) bond motifs is 1. The molecule has 240 valence electrons. The quantitative estimate of drug-likeness (QED) is 0.182. The Labute approximate surface area is 259 Å². The maximum atomic E-state index is 12.9. The number of nitrogens with two attached hydrogens (primary N) is 1. The van der Waals surface area contributed by atoms with Crippen LogP contribution in [0, 0.1) is 0 Å². The summed E-state index contributed by atoms with van der Waals surface area (Å²) in [5.74, 6) is -0.867. The number of nitrogens with zero attached hydrogens (tertiary/aromatic N) is 5. The van der Waals surface area contributed by atoms with Crippen LogP contribution < -0.4 is 26.6 Å². The number of carboxylic acids is 1. The molecule has 0 aliphatic carbocycles.